The second-order valence-corrected chi connectivity index (χ2v) is 4.82. The number of amides is 1. The van der Waals surface area contributed by atoms with Crippen molar-refractivity contribution in [1.82, 2.24) is 4.90 Å². The van der Waals surface area contributed by atoms with Gasteiger partial charge in [-0.2, -0.15) is 0 Å². The van der Waals surface area contributed by atoms with Crippen LogP contribution in [0.3, 0.4) is 0 Å². The number of rotatable bonds is 4. The van der Waals surface area contributed by atoms with E-state index in [2.05, 4.69) is 0 Å². The van der Waals surface area contributed by atoms with Gasteiger partial charge in [-0.05, 0) is 13.8 Å². The number of nitrogens with zero attached hydrogens (tertiary/aromatic N) is 1. The van der Waals surface area contributed by atoms with Gasteiger partial charge >= 0.3 is 18.0 Å². The summed E-state index contributed by atoms with van der Waals surface area (Å²) in [5.74, 6) is -1.80. The SMILES string of the molecule is CCOC(=O)C1=CC(C(=O)OCC)C2C=CC1N2C(=O)OC. The maximum Gasteiger partial charge on any atom is 0.410 e. The smallest absolute Gasteiger partial charge is 0.410 e. The van der Waals surface area contributed by atoms with Gasteiger partial charge in [0.1, 0.15) is 0 Å². The second-order valence-electron chi connectivity index (χ2n) is 4.82. The molecule has 0 N–H and O–H groups in total. The van der Waals surface area contributed by atoms with E-state index >= 15 is 0 Å². The van der Waals surface area contributed by atoms with E-state index in [0.29, 0.717) is 0 Å². The first-order valence-corrected chi connectivity index (χ1v) is 7.15. The molecule has 0 aromatic carbocycles. The van der Waals surface area contributed by atoms with Gasteiger partial charge in [0.25, 0.3) is 0 Å². The molecule has 0 saturated heterocycles. The van der Waals surface area contributed by atoms with Gasteiger partial charge in [0.05, 0.1) is 43.9 Å². The summed E-state index contributed by atoms with van der Waals surface area (Å²) in [6, 6.07) is -1.10. The maximum atomic E-state index is 12.1. The maximum absolute atomic E-state index is 12.1. The minimum atomic E-state index is -0.756. The van der Waals surface area contributed by atoms with E-state index < -0.39 is 36.0 Å². The van der Waals surface area contributed by atoms with Crippen LogP contribution in [0.15, 0.2) is 23.8 Å². The van der Waals surface area contributed by atoms with Crippen molar-refractivity contribution in [2.24, 2.45) is 5.92 Å². The van der Waals surface area contributed by atoms with Gasteiger partial charge in [-0.25, -0.2) is 9.59 Å². The van der Waals surface area contributed by atoms with Gasteiger partial charge in [-0.15, -0.1) is 0 Å². The lowest BCUT2D eigenvalue weighted by molar-refractivity contribution is -0.148. The van der Waals surface area contributed by atoms with Crippen LogP contribution in [0.1, 0.15) is 13.8 Å². The Bertz CT molecular complexity index is 538. The van der Waals surface area contributed by atoms with Crippen molar-refractivity contribution in [2.75, 3.05) is 20.3 Å². The minimum Gasteiger partial charge on any atom is -0.465 e. The average Bonchev–Trinajstić information content (AvgIpc) is 2.83. The summed E-state index contributed by atoms with van der Waals surface area (Å²) < 4.78 is 14.8. The third-order valence-corrected chi connectivity index (χ3v) is 3.61. The molecule has 0 radical (unpaired) electrons. The molecule has 3 unspecified atom stereocenters. The Morgan fingerprint density at radius 3 is 2.41 bits per heavy atom. The molecule has 7 nitrogen and oxygen atoms in total. The van der Waals surface area contributed by atoms with E-state index in [1.807, 2.05) is 0 Å². The normalized spacial score (nSPS) is 25.5. The highest BCUT2D eigenvalue weighted by atomic mass is 16.5. The summed E-state index contributed by atoms with van der Waals surface area (Å²) in [5, 5.41) is 0. The summed E-state index contributed by atoms with van der Waals surface area (Å²) in [5.41, 5.74) is 0.246. The summed E-state index contributed by atoms with van der Waals surface area (Å²) in [4.78, 5) is 37.6. The Labute approximate surface area is 128 Å². The lowest BCUT2D eigenvalue weighted by atomic mass is 9.91. The van der Waals surface area contributed by atoms with Gasteiger partial charge in [0, 0.05) is 0 Å². The molecule has 0 saturated carbocycles. The lowest BCUT2D eigenvalue weighted by Gasteiger charge is -2.36. The zero-order chi connectivity index (χ0) is 16.3. The number of carbonyl (C=O) groups excluding carboxylic acids is 3. The van der Waals surface area contributed by atoms with Crippen LogP contribution >= 0.6 is 0 Å². The van der Waals surface area contributed by atoms with E-state index in [1.165, 1.54) is 18.1 Å². The van der Waals surface area contributed by atoms with Gasteiger partial charge in [-0.1, -0.05) is 18.2 Å². The molecule has 0 aromatic heterocycles. The van der Waals surface area contributed by atoms with Gasteiger partial charge < -0.3 is 14.2 Å². The first-order chi connectivity index (χ1) is 10.5. The van der Waals surface area contributed by atoms with Crippen molar-refractivity contribution in [3.8, 4) is 0 Å². The van der Waals surface area contributed by atoms with Crippen LogP contribution in [0.2, 0.25) is 0 Å². The van der Waals surface area contributed by atoms with Crippen LogP contribution < -0.4 is 0 Å². The summed E-state index contributed by atoms with van der Waals surface area (Å²) in [6.07, 6.45) is 4.34. The Morgan fingerprint density at radius 2 is 1.82 bits per heavy atom. The van der Waals surface area contributed by atoms with Crippen molar-refractivity contribution in [2.45, 2.75) is 25.9 Å². The molecule has 1 amide bonds. The van der Waals surface area contributed by atoms with Crippen LogP contribution in [0, 0.1) is 5.92 Å². The first kappa shape index (κ1) is 16.1. The van der Waals surface area contributed by atoms with E-state index in [0.717, 1.165) is 0 Å². The van der Waals surface area contributed by atoms with E-state index in [9.17, 15) is 14.4 Å². The molecule has 0 spiro atoms. The van der Waals surface area contributed by atoms with Crippen LogP contribution in [0.5, 0.6) is 0 Å². The highest BCUT2D eigenvalue weighted by Gasteiger charge is 2.48. The molecule has 22 heavy (non-hydrogen) atoms. The Morgan fingerprint density at radius 1 is 1.14 bits per heavy atom. The largest absolute Gasteiger partial charge is 0.465 e. The summed E-state index contributed by atoms with van der Waals surface area (Å²) >= 11 is 0. The van der Waals surface area contributed by atoms with Gasteiger partial charge in [0.15, 0.2) is 0 Å². The number of methoxy groups -OCH3 is 1. The lowest BCUT2D eigenvalue weighted by Crippen LogP contribution is -2.51. The van der Waals surface area contributed by atoms with Crippen molar-refractivity contribution in [1.29, 1.82) is 0 Å². The fourth-order valence-electron chi connectivity index (χ4n) is 2.72. The first-order valence-electron chi connectivity index (χ1n) is 7.15. The monoisotopic (exact) mass is 309 g/mol. The van der Waals surface area contributed by atoms with Crippen molar-refractivity contribution >= 4 is 18.0 Å². The molecule has 2 bridgehead atoms. The standard InChI is InChI=1S/C15H19NO6/c1-4-21-13(17)9-8-10(14(18)22-5-2)12-7-6-11(9)16(12)15(19)20-3/h6-9,11-12H,4-5H2,1-3H3. The van der Waals surface area contributed by atoms with Crippen molar-refractivity contribution < 1.29 is 28.6 Å². The van der Waals surface area contributed by atoms with Crippen LogP contribution in [0.4, 0.5) is 4.79 Å². The molecule has 3 atom stereocenters. The number of hydrogen-bond donors (Lipinski definition) is 0. The molecule has 7 heteroatoms. The Balaban J connectivity index is 2.39. The molecular weight excluding hydrogens is 290 g/mol. The number of esters is 2. The number of ether oxygens (including phenoxy) is 3. The molecule has 2 heterocycles. The van der Waals surface area contributed by atoms with E-state index in [-0.39, 0.29) is 18.8 Å². The summed E-state index contributed by atoms with van der Waals surface area (Å²) in [7, 11) is 1.25. The minimum absolute atomic E-state index is 0.207. The highest BCUT2D eigenvalue weighted by Crippen LogP contribution is 2.35. The zero-order valence-corrected chi connectivity index (χ0v) is 12.8. The third kappa shape index (κ3) is 2.70. The second kappa shape index (κ2) is 6.64. The summed E-state index contributed by atoms with van der Waals surface area (Å²) in [6.45, 7) is 3.81. The number of fused-ring (bicyclic) bond motifs is 2. The molecule has 0 aromatic rings. The van der Waals surface area contributed by atoms with Crippen molar-refractivity contribution in [3.63, 3.8) is 0 Å². The topological polar surface area (TPSA) is 82.1 Å². The molecular formula is C15H19NO6. The molecule has 2 rings (SSSR count). The fraction of sp³-hybridized carbons (Fsp3) is 0.533. The molecule has 120 valence electrons. The molecule has 0 aliphatic carbocycles. The van der Waals surface area contributed by atoms with E-state index in [1.54, 1.807) is 26.0 Å². The van der Waals surface area contributed by atoms with Gasteiger partial charge in [0.2, 0.25) is 0 Å². The Kier molecular flexibility index (Phi) is 4.85. The van der Waals surface area contributed by atoms with Crippen LogP contribution in [0.25, 0.3) is 0 Å². The number of hydrogen-bond acceptors (Lipinski definition) is 6. The van der Waals surface area contributed by atoms with E-state index in [4.69, 9.17) is 14.2 Å². The fourth-order valence-corrected chi connectivity index (χ4v) is 2.72. The van der Waals surface area contributed by atoms with Gasteiger partial charge in [-0.3, -0.25) is 9.69 Å². The molecule has 2 aliphatic heterocycles. The van der Waals surface area contributed by atoms with Crippen molar-refractivity contribution in [3.05, 3.63) is 23.8 Å². The molecule has 0 fully saturated rings. The quantitative estimate of drug-likeness (QED) is 0.438. The predicted octanol–water partition coefficient (Wildman–Crippen LogP) is 1.04. The van der Waals surface area contributed by atoms with Crippen LogP contribution in [-0.4, -0.2) is 55.3 Å². The third-order valence-electron chi connectivity index (χ3n) is 3.61. The number of carbonyl (C=O) groups is 3. The predicted molar refractivity (Wildman–Crippen MR) is 75.8 cm³/mol. The average molecular weight is 309 g/mol. The Hall–Kier alpha value is -2.31. The zero-order valence-electron chi connectivity index (χ0n) is 12.8. The molecule has 2 aliphatic rings. The highest BCUT2D eigenvalue weighted by molar-refractivity contribution is 5.94. The van der Waals surface area contributed by atoms with Crippen LogP contribution in [-0.2, 0) is 23.8 Å².